The van der Waals surface area contributed by atoms with Crippen LogP contribution in [0.3, 0.4) is 0 Å². The highest BCUT2D eigenvalue weighted by atomic mass is 16.3. The van der Waals surface area contributed by atoms with E-state index in [-0.39, 0.29) is 0 Å². The molecule has 9 heavy (non-hydrogen) atoms. The molecule has 0 unspecified atom stereocenters. The number of carbonyl (C=O) groups excluding carboxylic acids is 2. The third kappa shape index (κ3) is 2.23. The van der Waals surface area contributed by atoms with Crippen LogP contribution in [-0.2, 0) is 14.7 Å². The summed E-state index contributed by atoms with van der Waals surface area (Å²) < 4.78 is 0. The molecule has 0 aliphatic rings. The van der Waals surface area contributed by atoms with Gasteiger partial charge in [0.15, 0.2) is 5.60 Å². The van der Waals surface area contributed by atoms with Gasteiger partial charge in [0.2, 0.25) is 0 Å². The molecule has 0 spiro atoms. The molecule has 0 saturated carbocycles. The van der Waals surface area contributed by atoms with Crippen molar-refractivity contribution in [1.82, 2.24) is 0 Å². The van der Waals surface area contributed by atoms with Crippen LogP contribution in [0.2, 0.25) is 0 Å². The van der Waals surface area contributed by atoms with E-state index in [1.807, 2.05) is 0 Å². The number of hydrogen-bond acceptors (Lipinski definition) is 2. The first-order valence-electron chi connectivity index (χ1n) is 2.40. The number of nitrogens with two attached hydrogens (primary N) is 1. The fourth-order valence-electron chi connectivity index (χ4n) is 0.297. The van der Waals surface area contributed by atoms with E-state index in [4.69, 9.17) is 0 Å². The van der Waals surface area contributed by atoms with E-state index in [1.165, 1.54) is 0 Å². The summed E-state index contributed by atoms with van der Waals surface area (Å²) in [7, 11) is 0. The molecule has 0 fully saturated rings. The molecule has 2 N–H and O–H groups in total. The third-order valence-electron chi connectivity index (χ3n) is 0.771. The maximum atomic E-state index is 10.6. The summed E-state index contributed by atoms with van der Waals surface area (Å²) in [6, 6.07) is 0. The van der Waals surface area contributed by atoms with E-state index in [2.05, 4.69) is 5.73 Å². The van der Waals surface area contributed by atoms with Crippen LogP contribution in [0.1, 0.15) is 13.8 Å². The Hall–Kier alpha value is -0.900. The summed E-state index contributed by atoms with van der Waals surface area (Å²) in [6.45, 7) is 2.19. The Morgan fingerprint density at radius 1 is 1.33 bits per heavy atom. The number of Topliss-reactive ketones (excluding diaryl/α,β-unsaturated/α-hetero) is 1. The molecule has 0 rings (SSSR count). The van der Waals surface area contributed by atoms with Gasteiger partial charge in [0.1, 0.15) is 0 Å². The second-order valence-electron chi connectivity index (χ2n) is 2.20. The highest BCUT2D eigenvalue weighted by Crippen LogP contribution is 2.01. The van der Waals surface area contributed by atoms with Crippen LogP contribution in [0.5, 0.6) is 0 Å². The summed E-state index contributed by atoms with van der Waals surface area (Å²) in [6.07, 6.45) is 0. The van der Waals surface area contributed by atoms with E-state index >= 15 is 0 Å². The van der Waals surface area contributed by atoms with Crippen molar-refractivity contribution in [2.24, 2.45) is 5.73 Å². The van der Waals surface area contributed by atoms with Crippen LogP contribution in [0, 0.1) is 0 Å². The van der Waals surface area contributed by atoms with Gasteiger partial charge in [-0.15, -0.1) is 0 Å². The van der Waals surface area contributed by atoms with Crippen molar-refractivity contribution >= 4 is 11.7 Å². The number of rotatable bonds is 2. The Morgan fingerprint density at radius 2 is 1.67 bits per heavy atom. The van der Waals surface area contributed by atoms with E-state index in [0.29, 0.717) is 0 Å². The van der Waals surface area contributed by atoms with Crippen molar-refractivity contribution in [2.75, 3.05) is 0 Å². The number of ketones is 1. The molecule has 0 aliphatic carbocycles. The Labute approximate surface area is 52.7 Å². The zero-order valence-corrected chi connectivity index (χ0v) is 5.30. The third-order valence-corrected chi connectivity index (χ3v) is 0.771. The number of carbonyl (C=O) groups is 2. The molecule has 4 heteroatoms. The Bertz CT molecular complexity index is 145. The summed E-state index contributed by atoms with van der Waals surface area (Å²) in [4.78, 5) is 20.4. The molecule has 0 heterocycles. The van der Waals surface area contributed by atoms with Gasteiger partial charge in [0, 0.05) is 0 Å². The Kier molecular flexibility index (Phi) is 1.93. The normalized spacial score (nSPS) is 11.0. The van der Waals surface area contributed by atoms with Crippen LogP contribution in [-0.4, -0.2) is 17.3 Å². The van der Waals surface area contributed by atoms with Gasteiger partial charge in [0.05, 0.1) is 0 Å². The van der Waals surface area contributed by atoms with Crippen LogP contribution in [0.25, 0.3) is 0 Å². The zero-order valence-electron chi connectivity index (χ0n) is 5.30. The predicted molar refractivity (Wildman–Crippen MR) is 29.0 cm³/mol. The van der Waals surface area contributed by atoms with E-state index < -0.39 is 17.3 Å². The quantitative estimate of drug-likeness (QED) is 0.499. The van der Waals surface area contributed by atoms with Gasteiger partial charge in [-0.25, -0.2) is 5.11 Å². The summed E-state index contributed by atoms with van der Waals surface area (Å²) >= 11 is 0. The number of primary amides is 1. The standard InChI is InChI=1S/C5H8NO3/c1-5(2,9)3(7)4(6)8/h1-2H3,(H2,6,8). The monoisotopic (exact) mass is 130 g/mol. The van der Waals surface area contributed by atoms with Crippen LogP contribution >= 0.6 is 0 Å². The first-order chi connectivity index (χ1) is 3.85. The molecule has 0 bridgehead atoms. The summed E-state index contributed by atoms with van der Waals surface area (Å²) in [5.41, 5.74) is 2.65. The molecule has 1 amide bonds. The molecule has 0 aliphatic heterocycles. The topological polar surface area (TPSA) is 80.1 Å². The summed E-state index contributed by atoms with van der Waals surface area (Å²) in [5, 5.41) is 10.6. The molecule has 0 aromatic carbocycles. The zero-order chi connectivity index (χ0) is 7.65. The minimum absolute atomic E-state index is 1.08. The van der Waals surface area contributed by atoms with Gasteiger partial charge in [-0.3, -0.25) is 9.59 Å². The van der Waals surface area contributed by atoms with Gasteiger partial charge < -0.3 is 5.73 Å². The molecule has 4 nitrogen and oxygen atoms in total. The average molecular weight is 130 g/mol. The van der Waals surface area contributed by atoms with Gasteiger partial charge >= 0.3 is 0 Å². The number of hydrogen-bond donors (Lipinski definition) is 1. The van der Waals surface area contributed by atoms with Crippen molar-refractivity contribution in [1.29, 1.82) is 0 Å². The maximum absolute atomic E-state index is 10.6. The lowest BCUT2D eigenvalue weighted by Gasteiger charge is -2.07. The van der Waals surface area contributed by atoms with E-state index in [0.717, 1.165) is 13.8 Å². The van der Waals surface area contributed by atoms with Crippen LogP contribution in [0.15, 0.2) is 0 Å². The second kappa shape index (κ2) is 2.14. The lowest BCUT2D eigenvalue weighted by atomic mass is 10.0. The van der Waals surface area contributed by atoms with Gasteiger partial charge in [-0.1, -0.05) is 0 Å². The fraction of sp³-hybridized carbons (Fsp3) is 0.600. The molecule has 0 saturated heterocycles. The van der Waals surface area contributed by atoms with Gasteiger partial charge in [-0.2, -0.15) is 0 Å². The second-order valence-corrected chi connectivity index (χ2v) is 2.20. The molecule has 51 valence electrons. The minimum Gasteiger partial charge on any atom is -0.363 e. The Morgan fingerprint density at radius 3 is 1.67 bits per heavy atom. The fourth-order valence-corrected chi connectivity index (χ4v) is 0.297. The molecular weight excluding hydrogens is 122 g/mol. The van der Waals surface area contributed by atoms with Crippen molar-refractivity contribution in [2.45, 2.75) is 19.4 Å². The SMILES string of the molecule is CC(C)([O])C(=O)C(N)=O. The van der Waals surface area contributed by atoms with Gasteiger partial charge in [-0.05, 0) is 13.8 Å². The highest BCUT2D eigenvalue weighted by molar-refractivity contribution is 6.38. The largest absolute Gasteiger partial charge is 0.363 e. The Balaban J connectivity index is 4.23. The molecule has 1 radical (unpaired) electrons. The van der Waals surface area contributed by atoms with Crippen molar-refractivity contribution in [3.63, 3.8) is 0 Å². The highest BCUT2D eigenvalue weighted by Gasteiger charge is 2.30. The molecule has 0 atom stereocenters. The summed E-state index contributed by atoms with van der Waals surface area (Å²) in [5.74, 6) is -2.25. The smallest absolute Gasteiger partial charge is 0.288 e. The van der Waals surface area contributed by atoms with Crippen molar-refractivity contribution in [3.8, 4) is 0 Å². The maximum Gasteiger partial charge on any atom is 0.288 e. The van der Waals surface area contributed by atoms with E-state index in [9.17, 15) is 14.7 Å². The van der Waals surface area contributed by atoms with Crippen molar-refractivity contribution in [3.05, 3.63) is 0 Å². The lowest BCUT2D eigenvalue weighted by Crippen LogP contribution is -2.39. The van der Waals surface area contributed by atoms with Crippen molar-refractivity contribution < 1.29 is 14.7 Å². The van der Waals surface area contributed by atoms with E-state index in [1.54, 1.807) is 0 Å². The first kappa shape index (κ1) is 8.10. The molecule has 0 aromatic rings. The molecular formula is C5H8NO3. The molecule has 0 aromatic heterocycles. The van der Waals surface area contributed by atoms with Crippen LogP contribution < -0.4 is 5.73 Å². The van der Waals surface area contributed by atoms with Gasteiger partial charge in [0.25, 0.3) is 11.7 Å². The predicted octanol–water partition coefficient (Wildman–Crippen LogP) is -0.750. The van der Waals surface area contributed by atoms with Crippen LogP contribution in [0.4, 0.5) is 0 Å². The minimum atomic E-state index is -1.88. The number of amides is 1. The first-order valence-corrected chi connectivity index (χ1v) is 2.40. The average Bonchev–Trinajstić information content (AvgIpc) is 1.62. The lowest BCUT2D eigenvalue weighted by molar-refractivity contribution is -0.149.